The van der Waals surface area contributed by atoms with Gasteiger partial charge in [-0.1, -0.05) is 30.3 Å². The SMILES string of the molecule is Cc1c(C)c2c(CCc3ccccc3)nccn2c1CC#N. The minimum atomic E-state index is 0.434. The largest absolute Gasteiger partial charge is 0.316 e. The summed E-state index contributed by atoms with van der Waals surface area (Å²) in [6.07, 6.45) is 6.12. The van der Waals surface area contributed by atoms with E-state index in [1.165, 1.54) is 22.2 Å². The number of benzene rings is 1. The van der Waals surface area contributed by atoms with Gasteiger partial charge in [0.2, 0.25) is 0 Å². The Morgan fingerprint density at radius 3 is 2.59 bits per heavy atom. The highest BCUT2D eigenvalue weighted by molar-refractivity contribution is 5.64. The maximum absolute atomic E-state index is 9.06. The second-order valence-corrected chi connectivity index (χ2v) is 5.61. The van der Waals surface area contributed by atoms with Crippen molar-refractivity contribution >= 4 is 5.52 Å². The molecular weight excluding hydrogens is 270 g/mol. The number of hydrogen-bond acceptors (Lipinski definition) is 2. The Kier molecular flexibility index (Phi) is 3.93. The van der Waals surface area contributed by atoms with Gasteiger partial charge in [0.05, 0.1) is 23.7 Å². The molecule has 0 atom stereocenters. The number of fused-ring (bicyclic) bond motifs is 1. The molecule has 3 aromatic rings. The first kappa shape index (κ1) is 14.3. The third-order valence-corrected chi connectivity index (χ3v) is 4.34. The van der Waals surface area contributed by atoms with Crippen molar-refractivity contribution in [3.63, 3.8) is 0 Å². The van der Waals surface area contributed by atoms with Gasteiger partial charge in [0, 0.05) is 18.1 Å². The first-order valence-electron chi connectivity index (χ1n) is 7.57. The van der Waals surface area contributed by atoms with E-state index in [0.29, 0.717) is 6.42 Å². The van der Waals surface area contributed by atoms with Crippen LogP contribution in [0.2, 0.25) is 0 Å². The molecule has 3 rings (SSSR count). The van der Waals surface area contributed by atoms with Crippen molar-refractivity contribution in [1.29, 1.82) is 5.26 Å². The molecule has 0 spiro atoms. The lowest BCUT2D eigenvalue weighted by Crippen LogP contribution is -2.00. The molecule has 3 heteroatoms. The van der Waals surface area contributed by atoms with E-state index < -0.39 is 0 Å². The molecule has 0 N–H and O–H groups in total. The number of aryl methyl sites for hydroxylation is 3. The van der Waals surface area contributed by atoms with E-state index in [1.807, 2.05) is 18.5 Å². The smallest absolute Gasteiger partial charge is 0.0761 e. The van der Waals surface area contributed by atoms with Crippen LogP contribution in [0.25, 0.3) is 5.52 Å². The van der Waals surface area contributed by atoms with E-state index in [-0.39, 0.29) is 0 Å². The van der Waals surface area contributed by atoms with Crippen LogP contribution in [-0.4, -0.2) is 9.38 Å². The average molecular weight is 289 g/mol. The fraction of sp³-hybridized carbons (Fsp3) is 0.263. The Labute approximate surface area is 130 Å². The Bertz CT molecular complexity index is 838. The maximum Gasteiger partial charge on any atom is 0.0761 e. The summed E-state index contributed by atoms with van der Waals surface area (Å²) in [4.78, 5) is 4.59. The van der Waals surface area contributed by atoms with Crippen molar-refractivity contribution in [2.24, 2.45) is 0 Å². The molecular formula is C19H19N3. The van der Waals surface area contributed by atoms with Crippen molar-refractivity contribution in [1.82, 2.24) is 9.38 Å². The topological polar surface area (TPSA) is 41.1 Å². The van der Waals surface area contributed by atoms with Crippen LogP contribution in [0.4, 0.5) is 0 Å². The van der Waals surface area contributed by atoms with Crippen LogP contribution in [0, 0.1) is 25.2 Å². The van der Waals surface area contributed by atoms with Crippen LogP contribution < -0.4 is 0 Å². The maximum atomic E-state index is 9.06. The number of aromatic nitrogens is 2. The quantitative estimate of drug-likeness (QED) is 0.733. The summed E-state index contributed by atoms with van der Waals surface area (Å²) >= 11 is 0. The summed E-state index contributed by atoms with van der Waals surface area (Å²) in [6.45, 7) is 4.22. The molecule has 0 amide bonds. The second-order valence-electron chi connectivity index (χ2n) is 5.61. The summed E-state index contributed by atoms with van der Waals surface area (Å²) < 4.78 is 2.14. The van der Waals surface area contributed by atoms with Crippen molar-refractivity contribution in [3.05, 3.63) is 70.8 Å². The van der Waals surface area contributed by atoms with Gasteiger partial charge in [-0.15, -0.1) is 0 Å². The molecule has 0 saturated heterocycles. The number of rotatable bonds is 4. The van der Waals surface area contributed by atoms with Crippen LogP contribution in [0.1, 0.15) is 28.1 Å². The van der Waals surface area contributed by atoms with Crippen LogP contribution in [0.15, 0.2) is 42.7 Å². The lowest BCUT2D eigenvalue weighted by Gasteiger charge is -2.06. The minimum absolute atomic E-state index is 0.434. The first-order valence-corrected chi connectivity index (χ1v) is 7.57. The van der Waals surface area contributed by atoms with Crippen molar-refractivity contribution in [3.8, 4) is 6.07 Å². The van der Waals surface area contributed by atoms with Crippen LogP contribution >= 0.6 is 0 Å². The number of nitriles is 1. The van der Waals surface area contributed by atoms with Gasteiger partial charge < -0.3 is 4.40 Å². The highest BCUT2D eigenvalue weighted by Crippen LogP contribution is 2.25. The van der Waals surface area contributed by atoms with Crippen molar-refractivity contribution in [2.75, 3.05) is 0 Å². The van der Waals surface area contributed by atoms with E-state index in [4.69, 9.17) is 5.26 Å². The predicted molar refractivity (Wildman–Crippen MR) is 87.8 cm³/mol. The summed E-state index contributed by atoms with van der Waals surface area (Å²) in [7, 11) is 0. The van der Waals surface area contributed by atoms with Gasteiger partial charge in [0.1, 0.15) is 0 Å². The van der Waals surface area contributed by atoms with Crippen molar-refractivity contribution in [2.45, 2.75) is 33.1 Å². The third kappa shape index (κ3) is 2.48. The third-order valence-electron chi connectivity index (χ3n) is 4.34. The molecule has 0 aliphatic rings. The molecule has 0 saturated carbocycles. The van der Waals surface area contributed by atoms with Gasteiger partial charge in [0.25, 0.3) is 0 Å². The Balaban J connectivity index is 2.00. The first-order chi connectivity index (χ1) is 10.7. The normalized spacial score (nSPS) is 10.8. The molecule has 0 unspecified atom stereocenters. The molecule has 2 aromatic heterocycles. The predicted octanol–water partition coefficient (Wildman–Crippen LogP) is 3.80. The van der Waals surface area contributed by atoms with Crippen LogP contribution in [0.3, 0.4) is 0 Å². The second kappa shape index (κ2) is 6.03. The summed E-state index contributed by atoms with van der Waals surface area (Å²) in [5.41, 5.74) is 7.12. The van der Waals surface area contributed by atoms with Gasteiger partial charge in [0.15, 0.2) is 0 Å². The Hall–Kier alpha value is -2.60. The molecule has 22 heavy (non-hydrogen) atoms. The van der Waals surface area contributed by atoms with Crippen LogP contribution in [-0.2, 0) is 19.3 Å². The standard InChI is InChI=1S/C19H19N3/c1-14-15(2)19-17(9-8-16-6-4-3-5-7-16)21-12-13-22(19)18(14)10-11-20/h3-7,12-13H,8-10H2,1-2H3. The molecule has 0 radical (unpaired) electrons. The number of nitrogens with zero attached hydrogens (tertiary/aromatic N) is 3. The zero-order valence-corrected chi connectivity index (χ0v) is 13.0. The Morgan fingerprint density at radius 1 is 1.09 bits per heavy atom. The monoisotopic (exact) mass is 289 g/mol. The van der Waals surface area contributed by atoms with E-state index in [9.17, 15) is 0 Å². The van der Waals surface area contributed by atoms with Gasteiger partial charge in [-0.2, -0.15) is 5.26 Å². The summed E-state index contributed by atoms with van der Waals surface area (Å²) in [6, 6.07) is 12.7. The van der Waals surface area contributed by atoms with E-state index >= 15 is 0 Å². The average Bonchev–Trinajstić information content (AvgIpc) is 2.80. The summed E-state index contributed by atoms with van der Waals surface area (Å²) in [5.74, 6) is 0. The van der Waals surface area contributed by atoms with E-state index in [2.05, 4.69) is 53.6 Å². The molecule has 110 valence electrons. The fourth-order valence-corrected chi connectivity index (χ4v) is 3.04. The Morgan fingerprint density at radius 2 is 1.86 bits per heavy atom. The van der Waals surface area contributed by atoms with Crippen molar-refractivity contribution < 1.29 is 0 Å². The van der Waals surface area contributed by atoms with Crippen LogP contribution in [0.5, 0.6) is 0 Å². The van der Waals surface area contributed by atoms with Gasteiger partial charge in [-0.25, -0.2) is 0 Å². The number of hydrogen-bond donors (Lipinski definition) is 0. The molecule has 0 aliphatic heterocycles. The highest BCUT2D eigenvalue weighted by atomic mass is 14.9. The highest BCUT2D eigenvalue weighted by Gasteiger charge is 2.15. The van der Waals surface area contributed by atoms with Gasteiger partial charge in [-0.3, -0.25) is 4.98 Å². The molecule has 3 nitrogen and oxygen atoms in total. The van der Waals surface area contributed by atoms with E-state index in [0.717, 1.165) is 24.2 Å². The van der Waals surface area contributed by atoms with Gasteiger partial charge in [-0.05, 0) is 43.4 Å². The molecule has 1 aromatic carbocycles. The zero-order chi connectivity index (χ0) is 15.5. The lowest BCUT2D eigenvalue weighted by molar-refractivity contribution is 0.898. The molecule has 0 aliphatic carbocycles. The fourth-order valence-electron chi connectivity index (χ4n) is 3.04. The molecule has 0 bridgehead atoms. The minimum Gasteiger partial charge on any atom is -0.316 e. The zero-order valence-electron chi connectivity index (χ0n) is 13.0. The molecule has 0 fully saturated rings. The van der Waals surface area contributed by atoms with Gasteiger partial charge >= 0.3 is 0 Å². The van der Waals surface area contributed by atoms with E-state index in [1.54, 1.807) is 0 Å². The molecule has 2 heterocycles. The lowest BCUT2D eigenvalue weighted by atomic mass is 10.1. The summed E-state index contributed by atoms with van der Waals surface area (Å²) in [5, 5.41) is 9.06.